The molecule has 6 atom stereocenters. The fourth-order valence-corrected chi connectivity index (χ4v) is 7.90. The summed E-state index contributed by atoms with van der Waals surface area (Å²) in [5.74, 6) is 1.19. The van der Waals surface area contributed by atoms with Crippen molar-refractivity contribution in [1.29, 1.82) is 5.41 Å². The smallest absolute Gasteiger partial charge is 0.407 e. The van der Waals surface area contributed by atoms with Crippen molar-refractivity contribution in [3.8, 4) is 5.75 Å². The third-order valence-corrected chi connectivity index (χ3v) is 9.14. The fourth-order valence-electron chi connectivity index (χ4n) is 7.90. The minimum atomic E-state index is -1.12. The molecule has 200 valence electrons. The summed E-state index contributed by atoms with van der Waals surface area (Å²) in [4.78, 5) is 35.9. The summed E-state index contributed by atoms with van der Waals surface area (Å²) in [6, 6.07) is 5.85. The van der Waals surface area contributed by atoms with Crippen molar-refractivity contribution in [1.82, 2.24) is 10.6 Å². The van der Waals surface area contributed by atoms with Crippen LogP contribution in [0.15, 0.2) is 24.3 Å². The number of alkyl carbamates (subject to hydrolysis) is 1. The number of ether oxygens (including phenoxy) is 2. The Morgan fingerprint density at radius 2 is 1.92 bits per heavy atom. The van der Waals surface area contributed by atoms with E-state index < -0.39 is 18.1 Å². The predicted molar refractivity (Wildman–Crippen MR) is 134 cm³/mol. The number of rotatable bonds is 11. The molecule has 3 bridgehead atoms. The molecule has 1 spiro atoms. The van der Waals surface area contributed by atoms with Gasteiger partial charge in [-0.3, -0.25) is 15.5 Å². The molecule has 4 aliphatic carbocycles. The van der Waals surface area contributed by atoms with Gasteiger partial charge in [-0.05, 0) is 85.8 Å². The van der Waals surface area contributed by atoms with Gasteiger partial charge in [0, 0.05) is 18.3 Å². The largest absolute Gasteiger partial charge is 0.494 e. The molecule has 2 amide bonds. The van der Waals surface area contributed by atoms with Crippen LogP contribution in [0.3, 0.4) is 0 Å². The van der Waals surface area contributed by atoms with Crippen LogP contribution in [0.1, 0.15) is 56.9 Å². The van der Waals surface area contributed by atoms with Gasteiger partial charge in [0.2, 0.25) is 5.91 Å². The Bertz CT molecular complexity index is 1070. The zero-order chi connectivity index (χ0) is 26.2. The van der Waals surface area contributed by atoms with Crippen LogP contribution in [-0.4, -0.2) is 48.3 Å². The number of amides is 2. The highest BCUT2D eigenvalue weighted by Gasteiger charge is 2.70. The number of carbonyl (C=O) groups is 3. The van der Waals surface area contributed by atoms with Crippen LogP contribution in [0.4, 0.5) is 4.79 Å². The van der Waals surface area contributed by atoms with Crippen molar-refractivity contribution in [3.63, 3.8) is 0 Å². The topological polar surface area (TPSA) is 164 Å². The third kappa shape index (κ3) is 5.24. The van der Waals surface area contributed by atoms with Gasteiger partial charge in [0.25, 0.3) is 0 Å². The van der Waals surface area contributed by atoms with E-state index in [0.29, 0.717) is 30.8 Å². The summed E-state index contributed by atoms with van der Waals surface area (Å²) in [5.41, 5.74) is 6.45. The summed E-state index contributed by atoms with van der Waals surface area (Å²) in [7, 11) is 0. The normalized spacial score (nSPS) is 31.1. The lowest BCUT2D eigenvalue weighted by molar-refractivity contribution is -0.139. The van der Waals surface area contributed by atoms with Gasteiger partial charge in [-0.15, -0.1) is 0 Å². The molecule has 1 aromatic rings. The standard InChI is InChI=1S/C27H36N4O6/c28-24(29)31-22(32)2-1-7-36-20-5-3-16(4-6-20)9-21(23(33)34)30-25(35)37-15-26-11-17-8-18-10-19(13-26)27(18,12-17)14-26/h3-6,17-19,21H,1-2,7-15H2,(H,30,35)(H,33,34)(H4,28,29,31,32)/t17?,18?,19?,21-,26?,27?/m0/s1. The van der Waals surface area contributed by atoms with E-state index in [4.69, 9.17) is 20.6 Å². The maximum atomic E-state index is 12.6. The molecule has 10 nitrogen and oxygen atoms in total. The van der Waals surface area contributed by atoms with Crippen molar-refractivity contribution in [3.05, 3.63) is 29.8 Å². The lowest BCUT2D eigenvalue weighted by Crippen LogP contribution is -2.44. The number of fused-ring (bicyclic) bond motifs is 2. The van der Waals surface area contributed by atoms with Gasteiger partial charge >= 0.3 is 12.1 Å². The first kappa shape index (κ1) is 25.4. The molecule has 0 aromatic heterocycles. The summed E-state index contributed by atoms with van der Waals surface area (Å²) >= 11 is 0. The molecule has 0 saturated heterocycles. The maximum absolute atomic E-state index is 12.6. The Balaban J connectivity index is 1.06. The predicted octanol–water partition coefficient (Wildman–Crippen LogP) is 2.79. The number of guanidine groups is 1. The van der Waals surface area contributed by atoms with Crippen LogP contribution in [0, 0.1) is 34.0 Å². The molecule has 5 unspecified atom stereocenters. The van der Waals surface area contributed by atoms with Crippen molar-refractivity contribution in [2.45, 2.75) is 63.8 Å². The van der Waals surface area contributed by atoms with Gasteiger partial charge in [-0.25, -0.2) is 9.59 Å². The lowest BCUT2D eigenvalue weighted by Gasteiger charge is -2.49. The number of hydrogen-bond donors (Lipinski definition) is 5. The second-order valence-corrected chi connectivity index (χ2v) is 11.6. The van der Waals surface area contributed by atoms with E-state index in [1.165, 1.54) is 25.7 Å². The van der Waals surface area contributed by atoms with Crippen LogP contribution < -0.4 is 21.1 Å². The number of benzene rings is 1. The Hall–Kier alpha value is -3.30. The number of carbonyl (C=O) groups excluding carboxylic acids is 2. The highest BCUT2D eigenvalue weighted by molar-refractivity contribution is 5.94. The van der Waals surface area contributed by atoms with Crippen LogP contribution in [0.25, 0.3) is 0 Å². The minimum absolute atomic E-state index is 0.0853. The number of aliphatic carboxylic acids is 1. The summed E-state index contributed by atoms with van der Waals surface area (Å²) in [6.45, 7) is 0.690. The van der Waals surface area contributed by atoms with Gasteiger partial charge < -0.3 is 25.6 Å². The zero-order valence-electron chi connectivity index (χ0n) is 21.0. The van der Waals surface area contributed by atoms with Gasteiger partial charge in [0.05, 0.1) is 13.2 Å². The maximum Gasteiger partial charge on any atom is 0.407 e. The fraction of sp³-hybridized carbons (Fsp3) is 0.630. The van der Waals surface area contributed by atoms with Crippen LogP contribution in [0.2, 0.25) is 0 Å². The number of carboxylic acid groups (broad SMARTS) is 1. The first-order chi connectivity index (χ1) is 17.7. The molecule has 1 aromatic carbocycles. The first-order valence-corrected chi connectivity index (χ1v) is 13.2. The average Bonchev–Trinajstić information content (AvgIpc) is 3.15. The SMILES string of the molecule is N=C(N)NC(=O)CCCOc1ccc(C[C@H](NC(=O)OCC23CC4CC5CC(C2)C5(C4)C3)C(=O)O)cc1. The Morgan fingerprint density at radius 3 is 2.65 bits per heavy atom. The summed E-state index contributed by atoms with van der Waals surface area (Å²) in [6.07, 6.45) is 7.59. The molecule has 10 heteroatoms. The first-order valence-electron chi connectivity index (χ1n) is 13.2. The summed E-state index contributed by atoms with van der Waals surface area (Å²) < 4.78 is 11.2. The van der Waals surface area contributed by atoms with Crippen molar-refractivity contribution in [2.75, 3.05) is 13.2 Å². The Labute approximate surface area is 216 Å². The van der Waals surface area contributed by atoms with E-state index in [1.54, 1.807) is 24.3 Å². The van der Waals surface area contributed by atoms with Crippen LogP contribution in [-0.2, 0) is 20.7 Å². The van der Waals surface area contributed by atoms with Gasteiger partial charge in [0.15, 0.2) is 5.96 Å². The Kier molecular flexibility index (Phi) is 6.76. The minimum Gasteiger partial charge on any atom is -0.494 e. The molecule has 37 heavy (non-hydrogen) atoms. The molecule has 0 radical (unpaired) electrons. The highest BCUT2D eigenvalue weighted by Crippen LogP contribution is 2.78. The Morgan fingerprint density at radius 1 is 1.14 bits per heavy atom. The van der Waals surface area contributed by atoms with E-state index in [2.05, 4.69) is 10.6 Å². The van der Waals surface area contributed by atoms with E-state index in [9.17, 15) is 19.5 Å². The molecular formula is C27H36N4O6. The number of carboxylic acids is 1. The molecule has 0 aliphatic heterocycles. The molecule has 0 heterocycles. The molecule has 6 N–H and O–H groups in total. The van der Waals surface area contributed by atoms with Crippen LogP contribution >= 0.6 is 0 Å². The van der Waals surface area contributed by atoms with Gasteiger partial charge in [0.1, 0.15) is 11.8 Å². The van der Waals surface area contributed by atoms with Crippen molar-refractivity contribution >= 4 is 23.9 Å². The molecular weight excluding hydrogens is 476 g/mol. The van der Waals surface area contributed by atoms with Crippen molar-refractivity contribution < 1.29 is 29.0 Å². The quantitative estimate of drug-likeness (QED) is 0.173. The number of nitrogens with one attached hydrogen (secondary N) is 3. The van der Waals surface area contributed by atoms with Crippen LogP contribution in [0.5, 0.6) is 5.75 Å². The van der Waals surface area contributed by atoms with E-state index >= 15 is 0 Å². The molecule has 4 aliphatic rings. The summed E-state index contributed by atoms with van der Waals surface area (Å²) in [5, 5.41) is 21.4. The molecule has 4 saturated carbocycles. The van der Waals surface area contributed by atoms with Crippen molar-refractivity contribution in [2.24, 2.45) is 34.3 Å². The highest BCUT2D eigenvalue weighted by atomic mass is 16.5. The monoisotopic (exact) mass is 512 g/mol. The van der Waals surface area contributed by atoms with Gasteiger partial charge in [-0.2, -0.15) is 0 Å². The second kappa shape index (κ2) is 9.87. The third-order valence-electron chi connectivity index (χ3n) is 9.14. The molecule has 5 rings (SSSR count). The lowest BCUT2D eigenvalue weighted by atomic mass is 9.55. The van der Waals surface area contributed by atoms with E-state index in [-0.39, 0.29) is 30.1 Å². The number of nitrogens with two attached hydrogens (primary N) is 1. The van der Waals surface area contributed by atoms with E-state index in [0.717, 1.165) is 36.2 Å². The van der Waals surface area contributed by atoms with E-state index in [1.807, 2.05) is 0 Å². The van der Waals surface area contributed by atoms with Gasteiger partial charge in [-0.1, -0.05) is 12.1 Å². The zero-order valence-corrected chi connectivity index (χ0v) is 21.0. The second-order valence-electron chi connectivity index (χ2n) is 11.6. The average molecular weight is 513 g/mol. The molecule has 4 fully saturated rings. The number of hydrogen-bond acceptors (Lipinski definition) is 6.